The number of amides is 1. The predicted octanol–water partition coefficient (Wildman–Crippen LogP) is 3.33. The summed E-state index contributed by atoms with van der Waals surface area (Å²) in [5, 5.41) is -0.508. The Hall–Kier alpha value is 0.400. The third kappa shape index (κ3) is 3.87. The highest BCUT2D eigenvalue weighted by molar-refractivity contribution is 7.99. The second kappa shape index (κ2) is 4.58. The molecule has 1 unspecified atom stereocenters. The predicted molar refractivity (Wildman–Crippen MR) is 56.0 cm³/mol. The highest BCUT2D eigenvalue weighted by atomic mass is 35.5. The van der Waals surface area contributed by atoms with E-state index in [-0.39, 0.29) is 10.1 Å². The molecular formula is C7H13Cl2NOS. The maximum Gasteiger partial charge on any atom is 0.326 e. The van der Waals surface area contributed by atoms with Crippen molar-refractivity contribution >= 4 is 40.5 Å². The largest absolute Gasteiger partial charge is 0.326 e. The van der Waals surface area contributed by atoms with Crippen molar-refractivity contribution in [2.24, 2.45) is 0 Å². The van der Waals surface area contributed by atoms with Gasteiger partial charge in [-0.3, -0.25) is 9.10 Å². The molecule has 1 atom stereocenters. The molecule has 0 N–H and O–H groups in total. The zero-order valence-electron chi connectivity index (χ0n) is 7.60. The highest BCUT2D eigenvalue weighted by Crippen LogP contribution is 2.33. The van der Waals surface area contributed by atoms with E-state index >= 15 is 0 Å². The number of halogens is 2. The van der Waals surface area contributed by atoms with Gasteiger partial charge in [-0.25, -0.2) is 0 Å². The monoisotopic (exact) mass is 229 g/mol. The van der Waals surface area contributed by atoms with Gasteiger partial charge in [0.15, 0.2) is 0 Å². The first kappa shape index (κ1) is 12.4. The van der Waals surface area contributed by atoms with E-state index in [1.807, 2.05) is 20.8 Å². The Morgan fingerprint density at radius 2 is 2.00 bits per heavy atom. The maximum atomic E-state index is 10.7. The van der Waals surface area contributed by atoms with E-state index < -0.39 is 5.37 Å². The van der Waals surface area contributed by atoms with Gasteiger partial charge in [0.05, 0.1) is 0 Å². The number of nitrogens with zero attached hydrogens (tertiary/aromatic N) is 1. The van der Waals surface area contributed by atoms with Gasteiger partial charge in [-0.1, -0.05) is 0 Å². The molecule has 5 heteroatoms. The Balaban J connectivity index is 4.15. The van der Waals surface area contributed by atoms with E-state index in [0.29, 0.717) is 0 Å². The first-order valence-electron chi connectivity index (χ1n) is 3.53. The minimum atomic E-state index is -0.481. The molecule has 0 aliphatic carbocycles. The lowest BCUT2D eigenvalue weighted by Gasteiger charge is -2.29. The van der Waals surface area contributed by atoms with E-state index in [9.17, 15) is 4.79 Å². The summed E-state index contributed by atoms with van der Waals surface area (Å²) in [5.41, 5.74) is 0. The van der Waals surface area contributed by atoms with E-state index in [4.69, 9.17) is 23.2 Å². The van der Waals surface area contributed by atoms with Crippen LogP contribution < -0.4 is 0 Å². The average molecular weight is 230 g/mol. The summed E-state index contributed by atoms with van der Waals surface area (Å²) in [6.45, 7) is 5.82. The van der Waals surface area contributed by atoms with Crippen LogP contribution >= 0.6 is 35.1 Å². The van der Waals surface area contributed by atoms with Crippen LogP contribution in [-0.4, -0.2) is 26.8 Å². The molecule has 0 spiro atoms. The number of carbonyl (C=O) groups is 1. The van der Waals surface area contributed by atoms with Gasteiger partial charge in [-0.05, 0) is 44.3 Å². The fourth-order valence-corrected chi connectivity index (χ4v) is 1.61. The van der Waals surface area contributed by atoms with Crippen LogP contribution in [0.1, 0.15) is 20.8 Å². The first-order valence-corrected chi connectivity index (χ1v) is 5.12. The lowest BCUT2D eigenvalue weighted by molar-refractivity contribution is 0.251. The third-order valence-electron chi connectivity index (χ3n) is 1.58. The minimum absolute atomic E-state index is 0.0269. The molecule has 12 heavy (non-hydrogen) atoms. The Morgan fingerprint density at radius 1 is 1.58 bits per heavy atom. The molecule has 0 radical (unpaired) electrons. The van der Waals surface area contributed by atoms with Crippen LogP contribution in [-0.2, 0) is 0 Å². The Kier molecular flexibility index (Phi) is 4.74. The molecule has 2 nitrogen and oxygen atoms in total. The van der Waals surface area contributed by atoms with E-state index in [2.05, 4.69) is 0 Å². The Morgan fingerprint density at radius 3 is 2.25 bits per heavy atom. The van der Waals surface area contributed by atoms with Gasteiger partial charge in [0.1, 0.15) is 0 Å². The van der Waals surface area contributed by atoms with Gasteiger partial charge < -0.3 is 0 Å². The molecule has 0 aliphatic rings. The summed E-state index contributed by atoms with van der Waals surface area (Å²) in [7, 11) is 1.63. The summed E-state index contributed by atoms with van der Waals surface area (Å²) < 4.78 is 1.18. The molecule has 0 heterocycles. The van der Waals surface area contributed by atoms with Crippen molar-refractivity contribution in [3.63, 3.8) is 0 Å². The first-order chi connectivity index (χ1) is 5.27. The van der Waals surface area contributed by atoms with Crippen molar-refractivity contribution in [3.05, 3.63) is 0 Å². The van der Waals surface area contributed by atoms with Crippen molar-refractivity contribution in [1.29, 1.82) is 0 Å². The zero-order chi connectivity index (χ0) is 9.94. The van der Waals surface area contributed by atoms with Gasteiger partial charge in [0, 0.05) is 17.2 Å². The van der Waals surface area contributed by atoms with Crippen molar-refractivity contribution < 1.29 is 4.79 Å². The molecular weight excluding hydrogens is 217 g/mol. The summed E-state index contributed by atoms with van der Waals surface area (Å²) >= 11 is 12.5. The van der Waals surface area contributed by atoms with Gasteiger partial charge in [0.2, 0.25) is 0 Å². The summed E-state index contributed by atoms with van der Waals surface area (Å²) in [6.07, 6.45) is 0. The quantitative estimate of drug-likeness (QED) is 0.321. The molecule has 0 bridgehead atoms. The van der Waals surface area contributed by atoms with Crippen LogP contribution in [0.25, 0.3) is 0 Å². The molecule has 1 amide bonds. The lowest BCUT2D eigenvalue weighted by Crippen LogP contribution is -2.31. The molecule has 0 aromatic heterocycles. The molecule has 0 rings (SSSR count). The molecule has 0 fully saturated rings. The third-order valence-corrected chi connectivity index (χ3v) is 3.87. The van der Waals surface area contributed by atoms with Crippen LogP contribution in [0.5, 0.6) is 0 Å². The van der Waals surface area contributed by atoms with E-state index in [1.54, 1.807) is 7.05 Å². The van der Waals surface area contributed by atoms with Gasteiger partial charge in [-0.2, -0.15) is 0 Å². The average Bonchev–Trinajstić information content (AvgIpc) is 1.85. The number of alkyl halides is 1. The molecule has 72 valence electrons. The number of hydrogen-bond donors (Lipinski definition) is 0. The Bertz CT molecular complexity index is 173. The van der Waals surface area contributed by atoms with Crippen molar-refractivity contribution in [2.45, 2.75) is 30.9 Å². The molecule has 0 saturated heterocycles. The minimum Gasteiger partial charge on any atom is -0.275 e. The van der Waals surface area contributed by atoms with Crippen LogP contribution in [0.4, 0.5) is 4.79 Å². The molecule has 0 aromatic rings. The van der Waals surface area contributed by atoms with Crippen LogP contribution in [0.3, 0.4) is 0 Å². The van der Waals surface area contributed by atoms with E-state index in [0.717, 1.165) is 0 Å². The number of rotatable bonds is 3. The standard InChI is InChI=1S/C7H13Cl2NOS/c1-5(8)7(2,3)12-10(4)6(9)11/h5H,1-4H3. The topological polar surface area (TPSA) is 20.3 Å². The van der Waals surface area contributed by atoms with E-state index in [1.165, 1.54) is 16.3 Å². The number of carbonyl (C=O) groups excluding carboxylic acids is 1. The highest BCUT2D eigenvalue weighted by Gasteiger charge is 2.28. The van der Waals surface area contributed by atoms with Crippen LogP contribution in [0.15, 0.2) is 0 Å². The molecule has 0 saturated carbocycles. The molecule has 0 aliphatic heterocycles. The fourth-order valence-electron chi connectivity index (χ4n) is 0.461. The normalized spacial score (nSPS) is 14.2. The summed E-state index contributed by atoms with van der Waals surface area (Å²) in [4.78, 5) is 10.7. The molecule has 0 aromatic carbocycles. The second-order valence-electron chi connectivity index (χ2n) is 3.06. The summed E-state index contributed by atoms with van der Waals surface area (Å²) in [5.74, 6) is 0. The summed E-state index contributed by atoms with van der Waals surface area (Å²) in [6, 6.07) is 0. The second-order valence-corrected chi connectivity index (χ2v) is 5.82. The smallest absolute Gasteiger partial charge is 0.275 e. The van der Waals surface area contributed by atoms with Gasteiger partial charge >= 0.3 is 5.37 Å². The van der Waals surface area contributed by atoms with Crippen molar-refractivity contribution in [1.82, 2.24) is 4.31 Å². The number of hydrogen-bond acceptors (Lipinski definition) is 2. The lowest BCUT2D eigenvalue weighted by atomic mass is 10.1. The Labute approximate surface area is 87.7 Å². The van der Waals surface area contributed by atoms with Crippen molar-refractivity contribution in [3.8, 4) is 0 Å². The van der Waals surface area contributed by atoms with Crippen LogP contribution in [0.2, 0.25) is 0 Å². The fraction of sp³-hybridized carbons (Fsp3) is 0.857. The van der Waals surface area contributed by atoms with Gasteiger partial charge in [-0.15, -0.1) is 11.6 Å². The van der Waals surface area contributed by atoms with Crippen LogP contribution in [0, 0.1) is 0 Å². The van der Waals surface area contributed by atoms with Crippen molar-refractivity contribution in [2.75, 3.05) is 7.05 Å². The zero-order valence-corrected chi connectivity index (χ0v) is 9.93. The maximum absolute atomic E-state index is 10.7. The SMILES string of the molecule is CC(Cl)C(C)(C)SN(C)C(=O)Cl. The van der Waals surface area contributed by atoms with Gasteiger partial charge in [0.25, 0.3) is 0 Å².